The van der Waals surface area contributed by atoms with Gasteiger partial charge in [0.05, 0.1) is 23.2 Å². The highest BCUT2D eigenvalue weighted by Gasteiger charge is 2.25. The molecule has 0 saturated carbocycles. The first-order valence-electron chi connectivity index (χ1n) is 9.07. The van der Waals surface area contributed by atoms with Crippen LogP contribution in [0.3, 0.4) is 0 Å². The van der Waals surface area contributed by atoms with Crippen LogP contribution in [0, 0.1) is 0 Å². The second-order valence-corrected chi connectivity index (χ2v) is 7.54. The van der Waals surface area contributed by atoms with Crippen LogP contribution in [0.15, 0.2) is 78.9 Å². The SMILES string of the molecule is COc1ccc(NC(=O)C(Cc2ccccc2)c2nc3ccccc3s2)cc1. The Labute approximate surface area is 167 Å². The summed E-state index contributed by atoms with van der Waals surface area (Å²) < 4.78 is 6.27. The highest BCUT2D eigenvalue weighted by molar-refractivity contribution is 7.18. The summed E-state index contributed by atoms with van der Waals surface area (Å²) in [5.41, 5.74) is 2.78. The monoisotopic (exact) mass is 388 g/mol. The molecule has 1 aromatic heterocycles. The van der Waals surface area contributed by atoms with Crippen molar-refractivity contribution >= 4 is 33.1 Å². The van der Waals surface area contributed by atoms with E-state index in [1.54, 1.807) is 18.4 Å². The molecule has 0 aliphatic rings. The number of hydrogen-bond donors (Lipinski definition) is 1. The Hall–Kier alpha value is -3.18. The molecule has 28 heavy (non-hydrogen) atoms. The number of amides is 1. The summed E-state index contributed by atoms with van der Waals surface area (Å²) in [6.45, 7) is 0. The highest BCUT2D eigenvalue weighted by Crippen LogP contribution is 2.31. The van der Waals surface area contributed by atoms with Gasteiger partial charge in [-0.25, -0.2) is 4.98 Å². The zero-order chi connectivity index (χ0) is 19.3. The molecule has 0 fully saturated rings. The molecule has 4 aromatic rings. The Balaban J connectivity index is 1.64. The summed E-state index contributed by atoms with van der Waals surface area (Å²) in [7, 11) is 1.62. The van der Waals surface area contributed by atoms with Crippen LogP contribution >= 0.6 is 11.3 Å². The van der Waals surface area contributed by atoms with Gasteiger partial charge >= 0.3 is 0 Å². The maximum atomic E-state index is 13.2. The number of hydrogen-bond acceptors (Lipinski definition) is 4. The number of nitrogens with zero attached hydrogens (tertiary/aromatic N) is 1. The number of ether oxygens (including phenoxy) is 1. The Morgan fingerprint density at radius 3 is 2.43 bits per heavy atom. The van der Waals surface area contributed by atoms with Crippen molar-refractivity contribution in [3.05, 3.63) is 89.4 Å². The van der Waals surface area contributed by atoms with Crippen molar-refractivity contribution in [1.82, 2.24) is 4.98 Å². The zero-order valence-corrected chi connectivity index (χ0v) is 16.3. The van der Waals surface area contributed by atoms with Gasteiger partial charge in [-0.05, 0) is 48.4 Å². The van der Waals surface area contributed by atoms with Crippen molar-refractivity contribution in [2.75, 3.05) is 12.4 Å². The maximum absolute atomic E-state index is 13.2. The molecule has 5 heteroatoms. The fourth-order valence-corrected chi connectivity index (χ4v) is 4.15. The molecule has 140 valence electrons. The number of benzene rings is 3. The van der Waals surface area contributed by atoms with Crippen molar-refractivity contribution in [3.8, 4) is 5.75 Å². The number of para-hydroxylation sites is 1. The lowest BCUT2D eigenvalue weighted by Crippen LogP contribution is -2.23. The number of aromatic nitrogens is 1. The van der Waals surface area contributed by atoms with Crippen molar-refractivity contribution in [3.63, 3.8) is 0 Å². The summed E-state index contributed by atoms with van der Waals surface area (Å²) in [5.74, 6) is 0.333. The van der Waals surface area contributed by atoms with Crippen LogP contribution in [-0.4, -0.2) is 18.0 Å². The smallest absolute Gasteiger partial charge is 0.234 e. The minimum absolute atomic E-state index is 0.0620. The summed E-state index contributed by atoms with van der Waals surface area (Å²) in [4.78, 5) is 17.9. The van der Waals surface area contributed by atoms with Gasteiger partial charge in [0.25, 0.3) is 0 Å². The first kappa shape index (κ1) is 18.2. The zero-order valence-electron chi connectivity index (χ0n) is 15.5. The summed E-state index contributed by atoms with van der Waals surface area (Å²) in [6, 6.07) is 25.4. The number of carbonyl (C=O) groups excluding carboxylic acids is 1. The minimum Gasteiger partial charge on any atom is -0.497 e. The molecule has 0 bridgehead atoms. The van der Waals surface area contributed by atoms with Crippen molar-refractivity contribution in [2.45, 2.75) is 12.3 Å². The Morgan fingerprint density at radius 2 is 1.71 bits per heavy atom. The summed E-state index contributed by atoms with van der Waals surface area (Å²) >= 11 is 1.58. The van der Waals surface area contributed by atoms with Crippen molar-refractivity contribution < 1.29 is 9.53 Å². The summed E-state index contributed by atoms with van der Waals surface area (Å²) in [6.07, 6.45) is 0.600. The van der Waals surface area contributed by atoms with Gasteiger partial charge in [-0.15, -0.1) is 11.3 Å². The number of nitrogens with one attached hydrogen (secondary N) is 1. The van der Waals surface area contributed by atoms with E-state index in [2.05, 4.69) is 5.32 Å². The summed E-state index contributed by atoms with van der Waals surface area (Å²) in [5, 5.41) is 3.86. The number of methoxy groups -OCH3 is 1. The molecule has 1 unspecified atom stereocenters. The normalized spacial score (nSPS) is 11.9. The standard InChI is InChI=1S/C23H20N2O2S/c1-27-18-13-11-17(12-14-18)24-22(26)19(15-16-7-3-2-4-8-16)23-25-20-9-5-6-10-21(20)28-23/h2-14,19H,15H2,1H3,(H,24,26). The van der Waals surface area contributed by atoms with Crippen LogP contribution in [0.4, 0.5) is 5.69 Å². The van der Waals surface area contributed by atoms with Gasteiger partial charge in [0.1, 0.15) is 10.8 Å². The molecule has 0 spiro atoms. The molecular formula is C23H20N2O2S. The second kappa shape index (κ2) is 8.23. The van der Waals surface area contributed by atoms with E-state index in [0.717, 1.165) is 32.2 Å². The van der Waals surface area contributed by atoms with Gasteiger partial charge in [0.2, 0.25) is 5.91 Å². The fourth-order valence-electron chi connectivity index (χ4n) is 3.08. The number of fused-ring (bicyclic) bond motifs is 1. The number of thiazole rings is 1. The molecular weight excluding hydrogens is 368 g/mol. The molecule has 3 aromatic carbocycles. The van der Waals surface area contributed by atoms with E-state index in [1.807, 2.05) is 78.9 Å². The van der Waals surface area contributed by atoms with E-state index in [0.29, 0.717) is 6.42 Å². The third kappa shape index (κ3) is 4.05. The van der Waals surface area contributed by atoms with Crippen molar-refractivity contribution in [1.29, 1.82) is 0 Å². The van der Waals surface area contributed by atoms with Crippen LogP contribution < -0.4 is 10.1 Å². The van der Waals surface area contributed by atoms with Gasteiger partial charge in [0.15, 0.2) is 0 Å². The number of carbonyl (C=O) groups is 1. The van der Waals surface area contributed by atoms with Gasteiger partial charge in [-0.1, -0.05) is 42.5 Å². The van der Waals surface area contributed by atoms with Gasteiger partial charge in [-0.2, -0.15) is 0 Å². The van der Waals surface area contributed by atoms with Crippen LogP contribution in [-0.2, 0) is 11.2 Å². The van der Waals surface area contributed by atoms with E-state index < -0.39 is 0 Å². The molecule has 1 amide bonds. The van der Waals surface area contributed by atoms with Gasteiger partial charge in [-0.3, -0.25) is 4.79 Å². The Bertz CT molecular complexity index is 1040. The number of rotatable bonds is 6. The topological polar surface area (TPSA) is 51.2 Å². The van der Waals surface area contributed by atoms with Crippen LogP contribution in [0.5, 0.6) is 5.75 Å². The highest BCUT2D eigenvalue weighted by atomic mass is 32.1. The maximum Gasteiger partial charge on any atom is 0.234 e. The number of anilines is 1. The molecule has 0 aliphatic carbocycles. The quantitative estimate of drug-likeness (QED) is 0.489. The lowest BCUT2D eigenvalue weighted by atomic mass is 9.99. The van der Waals surface area contributed by atoms with Crippen LogP contribution in [0.1, 0.15) is 16.5 Å². The van der Waals surface area contributed by atoms with Gasteiger partial charge in [0, 0.05) is 5.69 Å². The first-order valence-corrected chi connectivity index (χ1v) is 9.89. The molecule has 1 heterocycles. The lowest BCUT2D eigenvalue weighted by Gasteiger charge is -2.15. The Kier molecular flexibility index (Phi) is 5.35. The van der Waals surface area contributed by atoms with Gasteiger partial charge < -0.3 is 10.1 Å². The predicted molar refractivity (Wildman–Crippen MR) is 114 cm³/mol. The predicted octanol–water partition coefficient (Wildman–Crippen LogP) is 5.27. The molecule has 4 nitrogen and oxygen atoms in total. The average molecular weight is 388 g/mol. The van der Waals surface area contributed by atoms with E-state index in [4.69, 9.17) is 9.72 Å². The lowest BCUT2D eigenvalue weighted by molar-refractivity contribution is -0.117. The molecule has 0 radical (unpaired) electrons. The van der Waals surface area contributed by atoms with Crippen molar-refractivity contribution in [2.24, 2.45) is 0 Å². The van der Waals surface area contributed by atoms with E-state index in [-0.39, 0.29) is 11.8 Å². The van der Waals surface area contributed by atoms with E-state index in [1.165, 1.54) is 0 Å². The van der Waals surface area contributed by atoms with Crippen LogP contribution in [0.2, 0.25) is 0 Å². The molecule has 1 N–H and O–H groups in total. The third-order valence-electron chi connectivity index (χ3n) is 4.57. The Morgan fingerprint density at radius 1 is 1.00 bits per heavy atom. The molecule has 0 saturated heterocycles. The average Bonchev–Trinajstić information content (AvgIpc) is 3.17. The molecule has 1 atom stereocenters. The molecule has 0 aliphatic heterocycles. The largest absolute Gasteiger partial charge is 0.497 e. The van der Waals surface area contributed by atoms with Crippen LogP contribution in [0.25, 0.3) is 10.2 Å². The van der Waals surface area contributed by atoms with E-state index in [9.17, 15) is 4.79 Å². The second-order valence-electron chi connectivity index (χ2n) is 6.48. The fraction of sp³-hybridized carbons (Fsp3) is 0.130. The molecule has 4 rings (SSSR count). The first-order chi connectivity index (χ1) is 13.7. The van der Waals surface area contributed by atoms with E-state index >= 15 is 0 Å². The third-order valence-corrected chi connectivity index (χ3v) is 5.72. The minimum atomic E-state index is -0.359.